The first-order chi connectivity index (χ1) is 9.61. The van der Waals surface area contributed by atoms with Crippen molar-refractivity contribution in [3.8, 4) is 5.75 Å². The number of hydrogen-bond donors (Lipinski definition) is 0. The molecule has 0 aliphatic heterocycles. The zero-order valence-electron chi connectivity index (χ0n) is 11.0. The topological polar surface area (TPSA) is 31.2 Å². The van der Waals surface area contributed by atoms with E-state index in [2.05, 4.69) is 0 Å². The average Bonchev–Trinajstić information content (AvgIpc) is 3.03. The van der Waals surface area contributed by atoms with Gasteiger partial charge in [0.15, 0.2) is 0 Å². The summed E-state index contributed by atoms with van der Waals surface area (Å²) in [6, 6.07) is 7.34. The van der Waals surface area contributed by atoms with Crippen molar-refractivity contribution in [2.45, 2.75) is 0 Å². The second kappa shape index (κ2) is 4.96. The van der Waals surface area contributed by atoms with Crippen LogP contribution in [0, 0.1) is 0 Å². The Balaban J connectivity index is 2.18. The number of nitrogens with zero attached hydrogens (tertiary/aromatic N) is 1. The van der Waals surface area contributed by atoms with Crippen LogP contribution in [-0.2, 0) is 7.05 Å². The highest BCUT2D eigenvalue weighted by Gasteiger charge is 2.20. The van der Waals surface area contributed by atoms with Gasteiger partial charge in [0, 0.05) is 34.7 Å². The molecule has 2 heterocycles. The lowest BCUT2D eigenvalue weighted by atomic mass is 10.1. The predicted molar refractivity (Wildman–Crippen MR) is 82.2 cm³/mol. The van der Waals surface area contributed by atoms with E-state index in [0.29, 0.717) is 21.2 Å². The van der Waals surface area contributed by atoms with Crippen molar-refractivity contribution >= 4 is 39.6 Å². The minimum absolute atomic E-state index is 0.0234. The Morgan fingerprint density at radius 2 is 2.15 bits per heavy atom. The third-order valence-corrected chi connectivity index (χ3v) is 4.38. The molecule has 0 bridgehead atoms. The number of ketones is 1. The number of thiophene rings is 1. The van der Waals surface area contributed by atoms with Crippen molar-refractivity contribution < 1.29 is 9.53 Å². The molecule has 0 unspecified atom stereocenters. The van der Waals surface area contributed by atoms with E-state index in [1.54, 1.807) is 19.2 Å². The fraction of sp³-hybridized carbons (Fsp3) is 0.133. The second-order valence-electron chi connectivity index (χ2n) is 4.46. The van der Waals surface area contributed by atoms with Gasteiger partial charge in [-0.2, -0.15) is 0 Å². The molecular weight excluding hydrogens is 294 g/mol. The van der Waals surface area contributed by atoms with E-state index in [0.717, 1.165) is 10.9 Å². The average molecular weight is 306 g/mol. The Morgan fingerprint density at radius 1 is 1.35 bits per heavy atom. The van der Waals surface area contributed by atoms with Crippen LogP contribution in [0.4, 0.5) is 0 Å². The molecule has 3 nitrogen and oxygen atoms in total. The highest BCUT2D eigenvalue weighted by Crippen LogP contribution is 2.31. The minimum atomic E-state index is -0.0234. The largest absolute Gasteiger partial charge is 0.495 e. The molecule has 0 atom stereocenters. The van der Waals surface area contributed by atoms with Gasteiger partial charge in [0.1, 0.15) is 10.6 Å². The SMILES string of the molecule is COc1ccsc1C(=O)c1cn(C)c2cc(Cl)ccc12. The maximum Gasteiger partial charge on any atom is 0.208 e. The Kier molecular flexibility index (Phi) is 3.28. The van der Waals surface area contributed by atoms with Crippen LogP contribution in [0.3, 0.4) is 0 Å². The van der Waals surface area contributed by atoms with Crippen LogP contribution >= 0.6 is 22.9 Å². The molecule has 0 saturated carbocycles. The van der Waals surface area contributed by atoms with Crippen LogP contribution < -0.4 is 4.74 Å². The molecular formula is C15H12ClNO2S. The standard InChI is InChI=1S/C15H12ClNO2S/c1-17-8-11(10-4-3-9(16)7-12(10)17)14(18)15-13(19-2)5-6-20-15/h3-8H,1-2H3. The van der Waals surface area contributed by atoms with Gasteiger partial charge in [-0.3, -0.25) is 4.79 Å². The van der Waals surface area contributed by atoms with Gasteiger partial charge in [0.2, 0.25) is 5.78 Å². The monoisotopic (exact) mass is 305 g/mol. The van der Waals surface area contributed by atoms with Crippen molar-refractivity contribution in [1.82, 2.24) is 4.57 Å². The molecule has 0 spiro atoms. The van der Waals surface area contributed by atoms with Gasteiger partial charge in [0.05, 0.1) is 7.11 Å². The summed E-state index contributed by atoms with van der Waals surface area (Å²) in [6.07, 6.45) is 1.84. The number of rotatable bonds is 3. The lowest BCUT2D eigenvalue weighted by Crippen LogP contribution is -2.00. The van der Waals surface area contributed by atoms with Gasteiger partial charge in [-0.15, -0.1) is 11.3 Å². The van der Waals surface area contributed by atoms with Crippen LogP contribution in [0.5, 0.6) is 5.75 Å². The highest BCUT2D eigenvalue weighted by molar-refractivity contribution is 7.12. The molecule has 2 aromatic heterocycles. The molecule has 0 radical (unpaired) electrons. The number of aryl methyl sites for hydroxylation is 1. The zero-order chi connectivity index (χ0) is 14.3. The van der Waals surface area contributed by atoms with E-state index in [-0.39, 0.29) is 5.78 Å². The highest BCUT2D eigenvalue weighted by atomic mass is 35.5. The smallest absolute Gasteiger partial charge is 0.208 e. The normalized spacial score (nSPS) is 10.9. The minimum Gasteiger partial charge on any atom is -0.495 e. The van der Waals surface area contributed by atoms with Crippen LogP contribution in [-0.4, -0.2) is 17.5 Å². The Hall–Kier alpha value is -1.78. The molecule has 0 aliphatic carbocycles. The van der Waals surface area contributed by atoms with Crippen LogP contribution in [0.1, 0.15) is 15.2 Å². The summed E-state index contributed by atoms with van der Waals surface area (Å²) < 4.78 is 7.14. The van der Waals surface area contributed by atoms with Gasteiger partial charge in [-0.05, 0) is 23.6 Å². The summed E-state index contributed by atoms with van der Waals surface area (Å²) in [7, 11) is 3.48. The fourth-order valence-corrected chi connectivity index (χ4v) is 3.26. The summed E-state index contributed by atoms with van der Waals surface area (Å²) in [6.45, 7) is 0. The number of aromatic nitrogens is 1. The Morgan fingerprint density at radius 3 is 2.90 bits per heavy atom. The first kappa shape index (κ1) is 13.2. The van der Waals surface area contributed by atoms with E-state index in [1.807, 2.05) is 35.3 Å². The molecule has 1 aromatic carbocycles. The maximum absolute atomic E-state index is 12.7. The second-order valence-corrected chi connectivity index (χ2v) is 5.81. The van der Waals surface area contributed by atoms with Gasteiger partial charge in [-0.25, -0.2) is 0 Å². The lowest BCUT2D eigenvalue weighted by Gasteiger charge is -2.01. The summed E-state index contributed by atoms with van der Waals surface area (Å²) in [5.74, 6) is 0.593. The molecule has 3 rings (SSSR count). The Bertz CT molecular complexity index is 803. The van der Waals surface area contributed by atoms with E-state index < -0.39 is 0 Å². The fourth-order valence-electron chi connectivity index (χ4n) is 2.28. The molecule has 0 fully saturated rings. The van der Waals surface area contributed by atoms with Gasteiger partial charge in [-0.1, -0.05) is 17.7 Å². The molecule has 102 valence electrons. The number of carbonyl (C=O) groups is 1. The number of methoxy groups -OCH3 is 1. The number of benzene rings is 1. The molecule has 0 aliphatic rings. The third-order valence-electron chi connectivity index (χ3n) is 3.25. The van der Waals surface area contributed by atoms with E-state index >= 15 is 0 Å². The van der Waals surface area contributed by atoms with E-state index in [1.165, 1.54) is 11.3 Å². The van der Waals surface area contributed by atoms with E-state index in [9.17, 15) is 4.79 Å². The third kappa shape index (κ3) is 2.01. The summed E-state index contributed by atoms with van der Waals surface area (Å²) in [5.41, 5.74) is 1.61. The summed E-state index contributed by atoms with van der Waals surface area (Å²) in [5, 5.41) is 3.41. The number of hydrogen-bond acceptors (Lipinski definition) is 3. The molecule has 3 aromatic rings. The van der Waals surface area contributed by atoms with Gasteiger partial charge in [0.25, 0.3) is 0 Å². The number of ether oxygens (including phenoxy) is 1. The molecule has 20 heavy (non-hydrogen) atoms. The first-order valence-corrected chi connectivity index (χ1v) is 7.28. The number of halogens is 1. The maximum atomic E-state index is 12.7. The van der Waals surface area contributed by atoms with Crippen molar-refractivity contribution in [2.24, 2.45) is 7.05 Å². The Labute approximate surface area is 125 Å². The summed E-state index contributed by atoms with van der Waals surface area (Å²) >= 11 is 7.40. The zero-order valence-corrected chi connectivity index (χ0v) is 12.6. The lowest BCUT2D eigenvalue weighted by molar-refractivity contribution is 0.104. The number of fused-ring (bicyclic) bond motifs is 1. The molecule has 5 heteroatoms. The van der Waals surface area contributed by atoms with Crippen molar-refractivity contribution in [3.05, 3.63) is 51.3 Å². The van der Waals surface area contributed by atoms with Crippen LogP contribution in [0.2, 0.25) is 5.02 Å². The number of carbonyl (C=O) groups excluding carboxylic acids is 1. The molecule has 0 amide bonds. The van der Waals surface area contributed by atoms with Gasteiger partial charge >= 0.3 is 0 Å². The van der Waals surface area contributed by atoms with E-state index in [4.69, 9.17) is 16.3 Å². The molecule has 0 N–H and O–H groups in total. The van der Waals surface area contributed by atoms with Crippen LogP contribution in [0.25, 0.3) is 10.9 Å². The quantitative estimate of drug-likeness (QED) is 0.681. The van der Waals surface area contributed by atoms with Gasteiger partial charge < -0.3 is 9.30 Å². The van der Waals surface area contributed by atoms with Crippen molar-refractivity contribution in [2.75, 3.05) is 7.11 Å². The first-order valence-electron chi connectivity index (χ1n) is 6.02. The molecule has 0 saturated heterocycles. The van der Waals surface area contributed by atoms with Crippen molar-refractivity contribution in [3.63, 3.8) is 0 Å². The summed E-state index contributed by atoms with van der Waals surface area (Å²) in [4.78, 5) is 13.3. The van der Waals surface area contributed by atoms with Crippen molar-refractivity contribution in [1.29, 1.82) is 0 Å². The van der Waals surface area contributed by atoms with Crippen LogP contribution in [0.15, 0.2) is 35.8 Å². The predicted octanol–water partition coefficient (Wildman–Crippen LogP) is 4.13.